The van der Waals surface area contributed by atoms with E-state index in [2.05, 4.69) is 15.6 Å². The lowest BCUT2D eigenvalue weighted by Crippen LogP contribution is -2.59. The van der Waals surface area contributed by atoms with Crippen molar-refractivity contribution in [3.05, 3.63) is 36.0 Å². The zero-order valence-electron chi connectivity index (χ0n) is 22.2. The van der Waals surface area contributed by atoms with Gasteiger partial charge in [0.05, 0.1) is 6.04 Å². The molecule has 7 N–H and O–H groups in total. The Morgan fingerprint density at radius 3 is 2.51 bits per heavy atom. The number of nitrogens with one attached hydrogen (secondary N) is 3. The first-order valence-electron chi connectivity index (χ1n) is 13.2. The molecule has 0 spiro atoms. The van der Waals surface area contributed by atoms with Crippen molar-refractivity contribution in [1.82, 2.24) is 20.5 Å². The van der Waals surface area contributed by atoms with Gasteiger partial charge >= 0.3 is 11.9 Å². The Morgan fingerprint density at radius 1 is 1.13 bits per heavy atom. The van der Waals surface area contributed by atoms with Gasteiger partial charge in [0.2, 0.25) is 17.7 Å². The highest BCUT2D eigenvalue weighted by molar-refractivity contribution is 5.95. The van der Waals surface area contributed by atoms with Crippen LogP contribution < -0.4 is 16.4 Å². The number of aliphatic carboxylic acids is 2. The normalized spacial score (nSPS) is 18.2. The molecule has 0 aliphatic carbocycles. The number of hydrogen-bond donors (Lipinski definition) is 6. The molecule has 3 rings (SSSR count). The minimum Gasteiger partial charge on any atom is -0.481 e. The summed E-state index contributed by atoms with van der Waals surface area (Å²) in [6, 6.07) is 3.29. The van der Waals surface area contributed by atoms with Gasteiger partial charge in [0.15, 0.2) is 0 Å². The van der Waals surface area contributed by atoms with E-state index in [1.165, 1.54) is 4.90 Å². The van der Waals surface area contributed by atoms with E-state index in [4.69, 9.17) is 10.8 Å². The molecule has 0 saturated carbocycles. The van der Waals surface area contributed by atoms with E-state index < -0.39 is 53.8 Å². The number of rotatable bonds is 13. The second kappa shape index (κ2) is 13.2. The molecule has 212 valence electrons. The molecular weight excluding hydrogens is 506 g/mol. The molecule has 0 bridgehead atoms. The van der Waals surface area contributed by atoms with Gasteiger partial charge in [-0.3, -0.25) is 19.2 Å². The predicted octanol–water partition coefficient (Wildman–Crippen LogP) is 0.994. The van der Waals surface area contributed by atoms with E-state index in [0.29, 0.717) is 19.3 Å². The summed E-state index contributed by atoms with van der Waals surface area (Å²) in [5.74, 6) is -4.30. The minimum absolute atomic E-state index is 0.0940. The molecule has 1 saturated heterocycles. The summed E-state index contributed by atoms with van der Waals surface area (Å²) in [4.78, 5) is 67.0. The van der Waals surface area contributed by atoms with Gasteiger partial charge in [-0.25, -0.2) is 4.79 Å². The van der Waals surface area contributed by atoms with Gasteiger partial charge < -0.3 is 36.5 Å². The Bertz CT molecular complexity index is 1210. The Morgan fingerprint density at radius 2 is 1.85 bits per heavy atom. The van der Waals surface area contributed by atoms with Crippen molar-refractivity contribution in [3.8, 4) is 0 Å². The number of amides is 3. The van der Waals surface area contributed by atoms with Crippen LogP contribution in [0.25, 0.3) is 10.9 Å². The van der Waals surface area contributed by atoms with E-state index in [9.17, 15) is 29.1 Å². The molecule has 2 heterocycles. The largest absolute Gasteiger partial charge is 0.481 e. The number of fused-ring (bicyclic) bond motifs is 1. The Labute approximate surface area is 226 Å². The van der Waals surface area contributed by atoms with Crippen LogP contribution in [0.4, 0.5) is 0 Å². The molecule has 0 radical (unpaired) electrons. The third-order valence-corrected chi connectivity index (χ3v) is 7.33. The van der Waals surface area contributed by atoms with Crippen molar-refractivity contribution in [2.24, 2.45) is 11.7 Å². The highest BCUT2D eigenvalue weighted by atomic mass is 16.4. The summed E-state index contributed by atoms with van der Waals surface area (Å²) in [5.41, 5.74) is 7.48. The molecule has 12 heteroatoms. The number of nitrogens with zero attached hydrogens (tertiary/aromatic N) is 1. The molecule has 1 aromatic carbocycles. The lowest BCUT2D eigenvalue weighted by Gasteiger charge is -2.30. The van der Waals surface area contributed by atoms with Gasteiger partial charge in [-0.2, -0.15) is 0 Å². The van der Waals surface area contributed by atoms with Crippen LogP contribution in [0.3, 0.4) is 0 Å². The number of carboxylic acids is 2. The van der Waals surface area contributed by atoms with Crippen molar-refractivity contribution in [2.75, 3.05) is 6.54 Å². The van der Waals surface area contributed by atoms with Crippen LogP contribution in [0.1, 0.15) is 51.5 Å². The second-order valence-electron chi connectivity index (χ2n) is 10.1. The van der Waals surface area contributed by atoms with Crippen molar-refractivity contribution >= 4 is 40.6 Å². The molecule has 1 aliphatic rings. The quantitative estimate of drug-likeness (QED) is 0.215. The van der Waals surface area contributed by atoms with Gasteiger partial charge in [0.1, 0.15) is 18.1 Å². The first-order chi connectivity index (χ1) is 18.5. The van der Waals surface area contributed by atoms with Gasteiger partial charge in [0.25, 0.3) is 0 Å². The third-order valence-electron chi connectivity index (χ3n) is 7.33. The van der Waals surface area contributed by atoms with Gasteiger partial charge in [-0.1, -0.05) is 38.5 Å². The predicted molar refractivity (Wildman–Crippen MR) is 143 cm³/mol. The van der Waals surface area contributed by atoms with Gasteiger partial charge in [0, 0.05) is 36.5 Å². The average molecular weight is 544 g/mol. The molecule has 3 amide bonds. The summed E-state index contributed by atoms with van der Waals surface area (Å²) < 4.78 is 0. The Balaban J connectivity index is 1.85. The number of para-hydroxylation sites is 1. The lowest BCUT2D eigenvalue weighted by atomic mass is 9.96. The fourth-order valence-electron chi connectivity index (χ4n) is 4.84. The summed E-state index contributed by atoms with van der Waals surface area (Å²) in [6.07, 6.45) is 2.86. The fraction of sp³-hybridized carbons (Fsp3) is 0.519. The Kier molecular flexibility index (Phi) is 10.0. The van der Waals surface area contributed by atoms with E-state index >= 15 is 0 Å². The van der Waals surface area contributed by atoms with Crippen molar-refractivity contribution in [3.63, 3.8) is 0 Å². The smallest absolute Gasteiger partial charge is 0.326 e. The topological polar surface area (TPSA) is 195 Å². The van der Waals surface area contributed by atoms with Crippen molar-refractivity contribution in [1.29, 1.82) is 0 Å². The van der Waals surface area contributed by atoms with Crippen LogP contribution in [-0.2, 0) is 30.4 Å². The monoisotopic (exact) mass is 543 g/mol. The summed E-state index contributed by atoms with van der Waals surface area (Å²) >= 11 is 0. The van der Waals surface area contributed by atoms with Crippen LogP contribution in [0.2, 0.25) is 0 Å². The number of carbonyl (C=O) groups is 5. The molecule has 39 heavy (non-hydrogen) atoms. The molecule has 1 aromatic heterocycles. The number of hydrogen-bond acceptors (Lipinski definition) is 6. The second-order valence-corrected chi connectivity index (χ2v) is 10.1. The highest BCUT2D eigenvalue weighted by Crippen LogP contribution is 2.23. The third kappa shape index (κ3) is 7.34. The van der Waals surface area contributed by atoms with E-state index in [-0.39, 0.29) is 31.7 Å². The summed E-state index contributed by atoms with van der Waals surface area (Å²) in [6.45, 7) is 3.88. The van der Waals surface area contributed by atoms with E-state index in [0.717, 1.165) is 16.5 Å². The first kappa shape index (κ1) is 29.6. The molecule has 5 unspecified atom stereocenters. The number of benzene rings is 1. The van der Waals surface area contributed by atoms with Crippen LogP contribution >= 0.6 is 0 Å². The number of aromatic amines is 1. The SMILES string of the molecule is CCC(C)C(NC(=O)C(N)CCC(=O)O)C(=O)NC(Cc1c[nH]c2ccccc12)C(=O)N1CCCC1C(=O)O. The van der Waals surface area contributed by atoms with E-state index in [1.54, 1.807) is 13.1 Å². The van der Waals surface area contributed by atoms with Crippen LogP contribution in [0, 0.1) is 5.92 Å². The summed E-state index contributed by atoms with van der Waals surface area (Å²) in [7, 11) is 0. The number of carboxylic acid groups (broad SMARTS) is 2. The molecule has 12 nitrogen and oxygen atoms in total. The van der Waals surface area contributed by atoms with Crippen molar-refractivity contribution in [2.45, 2.75) is 76.5 Å². The summed E-state index contributed by atoms with van der Waals surface area (Å²) in [5, 5.41) is 24.8. The van der Waals surface area contributed by atoms with Crippen LogP contribution in [0.15, 0.2) is 30.5 Å². The van der Waals surface area contributed by atoms with Gasteiger partial charge in [-0.05, 0) is 36.8 Å². The standard InChI is InChI=1S/C27H37N5O7/c1-3-15(2)23(31-24(35)18(28)10-11-22(33)34)25(36)30-20(26(37)32-12-6-9-21(32)27(38)39)13-16-14-29-19-8-5-4-7-17(16)19/h4-5,7-8,14-15,18,20-21,23,29H,3,6,9-13,28H2,1-2H3,(H,30,36)(H,31,35)(H,33,34)(H,38,39). The lowest BCUT2D eigenvalue weighted by molar-refractivity contribution is -0.149. The average Bonchev–Trinajstić information content (AvgIpc) is 3.56. The maximum absolute atomic E-state index is 13.7. The van der Waals surface area contributed by atoms with Gasteiger partial charge in [-0.15, -0.1) is 0 Å². The van der Waals surface area contributed by atoms with Crippen LogP contribution in [-0.4, -0.2) is 80.5 Å². The molecule has 2 aromatic rings. The molecular formula is C27H37N5O7. The van der Waals surface area contributed by atoms with E-state index in [1.807, 2.05) is 31.2 Å². The molecule has 1 fully saturated rings. The minimum atomic E-state index is -1.12. The fourth-order valence-corrected chi connectivity index (χ4v) is 4.84. The molecule has 1 aliphatic heterocycles. The number of H-pyrrole nitrogens is 1. The number of likely N-dealkylation sites (tertiary alicyclic amines) is 1. The number of aromatic nitrogens is 1. The zero-order chi connectivity index (χ0) is 28.7. The number of carbonyl (C=O) groups excluding carboxylic acids is 3. The molecule has 5 atom stereocenters. The first-order valence-corrected chi connectivity index (χ1v) is 13.2. The Hall–Kier alpha value is -3.93. The highest BCUT2D eigenvalue weighted by Gasteiger charge is 2.39. The van der Waals surface area contributed by atoms with Crippen molar-refractivity contribution < 1.29 is 34.2 Å². The zero-order valence-corrected chi connectivity index (χ0v) is 22.2. The maximum Gasteiger partial charge on any atom is 0.326 e. The number of nitrogens with two attached hydrogens (primary N) is 1. The maximum atomic E-state index is 13.7. The van der Waals surface area contributed by atoms with Crippen LogP contribution in [0.5, 0.6) is 0 Å².